The van der Waals surface area contributed by atoms with Gasteiger partial charge in [0.15, 0.2) is 11.8 Å². The van der Waals surface area contributed by atoms with Crippen LogP contribution in [-0.4, -0.2) is 64.3 Å². The lowest BCUT2D eigenvalue weighted by Crippen LogP contribution is -2.47. The van der Waals surface area contributed by atoms with Gasteiger partial charge >= 0.3 is 0 Å². The van der Waals surface area contributed by atoms with Gasteiger partial charge in [0.25, 0.3) is 0 Å². The number of ether oxygens (including phenoxy) is 1. The Morgan fingerprint density at radius 2 is 2.09 bits per heavy atom. The molecular weight excluding hydrogens is 521 g/mol. The van der Waals surface area contributed by atoms with Crippen LogP contribution in [0.15, 0.2) is 29.3 Å². The molecule has 0 spiro atoms. The molecule has 1 amide bonds. The van der Waals surface area contributed by atoms with Crippen molar-refractivity contribution in [3.63, 3.8) is 0 Å². The van der Waals surface area contributed by atoms with E-state index in [0.717, 1.165) is 38.2 Å². The number of fused-ring (bicyclic) bond motifs is 2. The number of halogens is 1. The lowest BCUT2D eigenvalue weighted by Gasteiger charge is -2.29. The molecule has 3 heterocycles. The summed E-state index contributed by atoms with van der Waals surface area (Å²) < 4.78 is 7.07. The summed E-state index contributed by atoms with van der Waals surface area (Å²) in [5, 5.41) is 11.2. The van der Waals surface area contributed by atoms with Gasteiger partial charge in [-0.15, -0.1) is 24.0 Å². The highest BCUT2D eigenvalue weighted by Gasteiger charge is 2.23. The first kappa shape index (κ1) is 24.4. The van der Waals surface area contributed by atoms with E-state index < -0.39 is 0 Å². The molecule has 4 rings (SSSR count). The minimum atomic E-state index is 0. The number of nitrogens with zero attached hydrogens (tertiary/aromatic N) is 5. The third-order valence-corrected chi connectivity index (χ3v) is 5.72. The number of aryl methyl sites for hydroxylation is 1. The highest BCUT2D eigenvalue weighted by atomic mass is 127. The van der Waals surface area contributed by atoms with Crippen molar-refractivity contribution in [3.05, 3.63) is 47.0 Å². The van der Waals surface area contributed by atoms with Crippen molar-refractivity contribution in [2.75, 3.05) is 26.7 Å². The molecule has 2 aromatic rings. The fourth-order valence-electron chi connectivity index (χ4n) is 4.14. The number of aliphatic imine (C=N–C) groups is 1. The van der Waals surface area contributed by atoms with Crippen LogP contribution in [0.2, 0.25) is 0 Å². The minimum Gasteiger partial charge on any atom is -0.377 e. The number of aromatic nitrogens is 3. The summed E-state index contributed by atoms with van der Waals surface area (Å²) in [5.74, 6) is 2.43. The molecule has 32 heavy (non-hydrogen) atoms. The Morgan fingerprint density at radius 3 is 2.88 bits per heavy atom. The fourth-order valence-corrected chi connectivity index (χ4v) is 4.14. The van der Waals surface area contributed by atoms with Crippen LogP contribution in [-0.2, 0) is 42.1 Å². The molecule has 1 aromatic carbocycles. The summed E-state index contributed by atoms with van der Waals surface area (Å²) in [6, 6.07) is 8.51. The first-order valence-corrected chi connectivity index (χ1v) is 11.0. The van der Waals surface area contributed by atoms with Crippen LogP contribution in [0.1, 0.15) is 36.1 Å². The molecule has 2 N–H and O–H groups in total. The SMILES string of the molecule is CCNC(=NCC(=O)N1CCc2ccccc2C1)NC1CCc2nc(COC)nn2C1.I. The molecule has 1 atom stereocenters. The van der Waals surface area contributed by atoms with Crippen molar-refractivity contribution in [1.29, 1.82) is 0 Å². The van der Waals surface area contributed by atoms with Gasteiger partial charge in [-0.25, -0.2) is 14.7 Å². The van der Waals surface area contributed by atoms with E-state index in [1.54, 1.807) is 7.11 Å². The number of carbonyl (C=O) groups excluding carboxylic acids is 1. The molecule has 2 aliphatic rings. The number of rotatable bonds is 6. The molecule has 10 heteroatoms. The molecule has 0 aliphatic carbocycles. The van der Waals surface area contributed by atoms with Gasteiger partial charge < -0.3 is 20.3 Å². The molecule has 0 bridgehead atoms. The van der Waals surface area contributed by atoms with Gasteiger partial charge in [-0.1, -0.05) is 24.3 Å². The predicted octanol–water partition coefficient (Wildman–Crippen LogP) is 1.50. The molecule has 174 valence electrons. The monoisotopic (exact) mass is 553 g/mol. The number of methoxy groups -OCH3 is 1. The summed E-state index contributed by atoms with van der Waals surface area (Å²) in [5.41, 5.74) is 2.57. The van der Waals surface area contributed by atoms with Gasteiger partial charge in [-0.05, 0) is 30.9 Å². The Balaban J connectivity index is 0.00000289. The Bertz CT molecular complexity index is 946. The average molecular weight is 553 g/mol. The van der Waals surface area contributed by atoms with Gasteiger partial charge in [0.05, 0.1) is 6.54 Å². The van der Waals surface area contributed by atoms with Crippen molar-refractivity contribution in [2.45, 2.75) is 51.9 Å². The van der Waals surface area contributed by atoms with Crippen LogP contribution in [0.3, 0.4) is 0 Å². The van der Waals surface area contributed by atoms with Gasteiger partial charge in [-0.3, -0.25) is 4.79 Å². The topological polar surface area (TPSA) is 96.7 Å². The predicted molar refractivity (Wildman–Crippen MR) is 133 cm³/mol. The van der Waals surface area contributed by atoms with Gasteiger partial charge in [0, 0.05) is 39.2 Å². The van der Waals surface area contributed by atoms with E-state index in [1.807, 2.05) is 22.6 Å². The van der Waals surface area contributed by atoms with Crippen molar-refractivity contribution < 1.29 is 9.53 Å². The number of guanidine groups is 1. The second-order valence-electron chi connectivity index (χ2n) is 7.97. The number of amides is 1. The third-order valence-electron chi connectivity index (χ3n) is 5.72. The molecule has 0 saturated heterocycles. The standard InChI is InChI=1S/C22H31N7O2.HI/c1-3-23-22(25-18-8-9-20-26-19(15-31-2)27-29(20)14-18)24-12-21(30)28-11-10-16-6-4-5-7-17(16)13-28;/h4-7,18H,3,8-15H2,1-2H3,(H2,23,24,25);1H. The Hall–Kier alpha value is -2.21. The van der Waals surface area contributed by atoms with Gasteiger partial charge in [0.2, 0.25) is 5.91 Å². The van der Waals surface area contributed by atoms with Crippen LogP contribution in [0, 0.1) is 0 Å². The fraction of sp³-hybridized carbons (Fsp3) is 0.545. The van der Waals surface area contributed by atoms with E-state index in [1.165, 1.54) is 11.1 Å². The Labute approximate surface area is 206 Å². The number of hydrogen-bond donors (Lipinski definition) is 2. The molecule has 0 saturated carbocycles. The van der Waals surface area contributed by atoms with E-state index in [4.69, 9.17) is 4.74 Å². The normalized spacial score (nSPS) is 17.8. The molecule has 2 aliphatic heterocycles. The summed E-state index contributed by atoms with van der Waals surface area (Å²) in [6.45, 7) is 5.44. The van der Waals surface area contributed by atoms with Gasteiger partial charge in [-0.2, -0.15) is 5.10 Å². The zero-order valence-electron chi connectivity index (χ0n) is 18.7. The van der Waals surface area contributed by atoms with Crippen LogP contribution < -0.4 is 10.6 Å². The first-order valence-electron chi connectivity index (χ1n) is 11.0. The van der Waals surface area contributed by atoms with E-state index in [-0.39, 0.29) is 42.5 Å². The Kier molecular flexibility index (Phi) is 8.85. The molecule has 0 fully saturated rings. The maximum atomic E-state index is 12.8. The third kappa shape index (κ3) is 5.97. The van der Waals surface area contributed by atoms with Crippen molar-refractivity contribution in [3.8, 4) is 0 Å². The summed E-state index contributed by atoms with van der Waals surface area (Å²) >= 11 is 0. The second-order valence-corrected chi connectivity index (χ2v) is 7.97. The van der Waals surface area contributed by atoms with Crippen molar-refractivity contribution in [1.82, 2.24) is 30.3 Å². The van der Waals surface area contributed by atoms with E-state index in [0.29, 0.717) is 31.5 Å². The largest absolute Gasteiger partial charge is 0.377 e. The summed E-state index contributed by atoms with van der Waals surface area (Å²) in [6.07, 6.45) is 2.68. The van der Waals surface area contributed by atoms with Crippen LogP contribution in [0.25, 0.3) is 0 Å². The van der Waals surface area contributed by atoms with Crippen LogP contribution in [0.4, 0.5) is 0 Å². The maximum Gasteiger partial charge on any atom is 0.244 e. The minimum absolute atomic E-state index is 0. The lowest BCUT2D eigenvalue weighted by molar-refractivity contribution is -0.130. The smallest absolute Gasteiger partial charge is 0.244 e. The van der Waals surface area contributed by atoms with E-state index in [9.17, 15) is 4.79 Å². The zero-order valence-corrected chi connectivity index (χ0v) is 21.0. The summed E-state index contributed by atoms with van der Waals surface area (Å²) in [7, 11) is 1.65. The molecule has 9 nitrogen and oxygen atoms in total. The molecule has 1 aromatic heterocycles. The van der Waals surface area contributed by atoms with Crippen LogP contribution in [0.5, 0.6) is 0 Å². The molecular formula is C22H32IN7O2. The number of nitrogens with one attached hydrogen (secondary N) is 2. The first-order chi connectivity index (χ1) is 15.2. The van der Waals surface area contributed by atoms with Crippen LogP contribution >= 0.6 is 24.0 Å². The van der Waals surface area contributed by atoms with E-state index >= 15 is 0 Å². The zero-order chi connectivity index (χ0) is 21.6. The Morgan fingerprint density at radius 1 is 1.28 bits per heavy atom. The van der Waals surface area contributed by atoms with E-state index in [2.05, 4.69) is 43.9 Å². The lowest BCUT2D eigenvalue weighted by atomic mass is 10.00. The quantitative estimate of drug-likeness (QED) is 0.320. The number of hydrogen-bond acceptors (Lipinski definition) is 5. The number of carbonyl (C=O) groups is 1. The maximum absolute atomic E-state index is 12.8. The molecule has 0 radical (unpaired) electrons. The molecule has 1 unspecified atom stereocenters. The van der Waals surface area contributed by atoms with Gasteiger partial charge in [0.1, 0.15) is 19.0 Å². The van der Waals surface area contributed by atoms with Crippen molar-refractivity contribution >= 4 is 35.8 Å². The second kappa shape index (κ2) is 11.6. The highest BCUT2D eigenvalue weighted by molar-refractivity contribution is 14.0. The average Bonchev–Trinajstić information content (AvgIpc) is 3.19. The van der Waals surface area contributed by atoms with Crippen molar-refractivity contribution in [2.24, 2.45) is 4.99 Å². The highest BCUT2D eigenvalue weighted by Crippen LogP contribution is 2.18. The number of benzene rings is 1. The summed E-state index contributed by atoms with van der Waals surface area (Å²) in [4.78, 5) is 23.8.